The van der Waals surface area contributed by atoms with Crippen LogP contribution in [0.2, 0.25) is 0 Å². The van der Waals surface area contributed by atoms with Gasteiger partial charge in [0.15, 0.2) is 0 Å². The van der Waals surface area contributed by atoms with Crippen molar-refractivity contribution >= 4 is 17.0 Å². The minimum Gasteiger partial charge on any atom is -0.463 e. The van der Waals surface area contributed by atoms with E-state index in [1.54, 1.807) is 0 Å². The largest absolute Gasteiger partial charge is 0.463 e. The van der Waals surface area contributed by atoms with Crippen LogP contribution in [0.5, 0.6) is 0 Å². The monoisotopic (exact) mass is 279 g/mol. The van der Waals surface area contributed by atoms with E-state index in [1.165, 1.54) is 13.3 Å². The Balaban J connectivity index is 2.14. The third-order valence-electron chi connectivity index (χ3n) is 3.16. The Morgan fingerprint density at radius 2 is 2.15 bits per heavy atom. The van der Waals surface area contributed by atoms with Gasteiger partial charge >= 0.3 is 5.97 Å². The highest BCUT2D eigenvalue weighted by Crippen LogP contribution is 2.19. The number of hydrogen-bond donors (Lipinski definition) is 1. The van der Waals surface area contributed by atoms with E-state index in [1.807, 2.05) is 18.4 Å². The average Bonchev–Trinajstić information content (AvgIpc) is 2.64. The third-order valence-corrected chi connectivity index (χ3v) is 3.16. The molecule has 0 fully saturated rings. The lowest BCUT2D eigenvalue weighted by atomic mass is 10.2. The summed E-state index contributed by atoms with van der Waals surface area (Å²) in [6, 6.07) is 0. The van der Waals surface area contributed by atoms with Gasteiger partial charge in [-0.3, -0.25) is 9.59 Å². The van der Waals surface area contributed by atoms with Crippen LogP contribution < -0.4 is 5.56 Å². The van der Waals surface area contributed by atoms with E-state index in [0.717, 1.165) is 11.3 Å². The summed E-state index contributed by atoms with van der Waals surface area (Å²) in [4.78, 5) is 29.2. The second kappa shape index (κ2) is 5.87. The summed E-state index contributed by atoms with van der Waals surface area (Å²) in [6.45, 7) is 5.90. The minimum absolute atomic E-state index is 0.158. The molecule has 0 amide bonds. The number of ether oxygens (including phenoxy) is 2. The summed E-state index contributed by atoms with van der Waals surface area (Å²) in [6.07, 6.45) is 1.37. The Kier molecular flexibility index (Phi) is 4.19. The fraction of sp³-hybridized carbons (Fsp3) is 0.462. The highest BCUT2D eigenvalue weighted by molar-refractivity contribution is 5.80. The van der Waals surface area contributed by atoms with E-state index >= 15 is 0 Å². The first-order chi connectivity index (χ1) is 9.52. The predicted molar refractivity (Wildman–Crippen MR) is 72.4 cm³/mol. The maximum atomic E-state index is 11.8. The van der Waals surface area contributed by atoms with Crippen LogP contribution in [0.1, 0.15) is 18.2 Å². The van der Waals surface area contributed by atoms with Crippen molar-refractivity contribution in [3.63, 3.8) is 0 Å². The number of aromatic amines is 1. The van der Waals surface area contributed by atoms with E-state index < -0.39 is 0 Å². The number of carbonyl (C=O) groups is 1. The molecule has 20 heavy (non-hydrogen) atoms. The van der Waals surface area contributed by atoms with Crippen molar-refractivity contribution in [1.29, 1.82) is 0 Å². The van der Waals surface area contributed by atoms with E-state index in [-0.39, 0.29) is 24.9 Å². The Hall–Kier alpha value is -2.15. The van der Waals surface area contributed by atoms with Crippen LogP contribution in [0, 0.1) is 13.8 Å². The Bertz CT molecular complexity index is 687. The lowest BCUT2D eigenvalue weighted by molar-refractivity contribution is -0.142. The van der Waals surface area contributed by atoms with E-state index in [9.17, 15) is 9.59 Å². The lowest BCUT2D eigenvalue weighted by Gasteiger charge is -2.08. The summed E-state index contributed by atoms with van der Waals surface area (Å²) >= 11 is 0. The van der Waals surface area contributed by atoms with Crippen LogP contribution in [0.4, 0.5) is 0 Å². The molecular formula is C13H17N3O4. The van der Waals surface area contributed by atoms with Gasteiger partial charge in [0, 0.05) is 12.6 Å². The minimum atomic E-state index is -0.333. The molecule has 0 unspecified atom stereocenters. The molecule has 0 atom stereocenters. The number of nitrogens with one attached hydrogen (secondary N) is 1. The highest BCUT2D eigenvalue weighted by Gasteiger charge is 2.14. The first kappa shape index (κ1) is 14.3. The number of H-pyrrole nitrogens is 1. The molecule has 7 nitrogen and oxygen atoms in total. The first-order valence-electron chi connectivity index (χ1n) is 6.26. The second-order valence-corrected chi connectivity index (χ2v) is 4.45. The van der Waals surface area contributed by atoms with Gasteiger partial charge in [0.2, 0.25) is 0 Å². The molecule has 1 N–H and O–H groups in total. The van der Waals surface area contributed by atoms with Gasteiger partial charge in [-0.05, 0) is 19.4 Å². The lowest BCUT2D eigenvalue weighted by Crippen LogP contribution is -2.12. The summed E-state index contributed by atoms with van der Waals surface area (Å²) < 4.78 is 12.1. The number of carbonyl (C=O) groups excluding carboxylic acids is 1. The standard InChI is InChI=1S/C13H17N3O4/c1-8-9(2)16(7-19-4-5-20-10(3)17)12-11(8)13(18)15-6-14-12/h6H,4-5,7H2,1-3H3,(H,14,15,18). The molecule has 7 heteroatoms. The zero-order chi connectivity index (χ0) is 14.7. The fourth-order valence-corrected chi connectivity index (χ4v) is 2.03. The normalized spacial score (nSPS) is 10.9. The maximum absolute atomic E-state index is 11.8. The molecule has 2 aromatic rings. The topological polar surface area (TPSA) is 86.2 Å². The number of nitrogens with zero attached hydrogens (tertiary/aromatic N) is 2. The summed E-state index contributed by atoms with van der Waals surface area (Å²) in [5, 5.41) is 0.577. The van der Waals surface area contributed by atoms with Crippen LogP contribution in [0.25, 0.3) is 11.0 Å². The second-order valence-electron chi connectivity index (χ2n) is 4.45. The molecule has 0 aliphatic heterocycles. The van der Waals surface area contributed by atoms with Crippen molar-refractivity contribution in [3.05, 3.63) is 27.9 Å². The van der Waals surface area contributed by atoms with E-state index in [4.69, 9.17) is 9.47 Å². The molecule has 2 rings (SSSR count). The van der Waals surface area contributed by atoms with Crippen LogP contribution in [0.15, 0.2) is 11.1 Å². The van der Waals surface area contributed by atoms with Gasteiger partial charge in [0.1, 0.15) is 19.0 Å². The van der Waals surface area contributed by atoms with Gasteiger partial charge in [0.25, 0.3) is 5.56 Å². The van der Waals surface area contributed by atoms with E-state index in [2.05, 4.69) is 9.97 Å². The quantitative estimate of drug-likeness (QED) is 0.648. The Labute approximate surface area is 115 Å². The predicted octanol–water partition coefficient (Wildman–Crippen LogP) is 0.879. The zero-order valence-electron chi connectivity index (χ0n) is 11.7. The number of aryl methyl sites for hydroxylation is 1. The van der Waals surface area contributed by atoms with Crippen molar-refractivity contribution in [2.24, 2.45) is 0 Å². The molecule has 0 spiro atoms. The molecule has 108 valence electrons. The number of fused-ring (bicyclic) bond motifs is 1. The molecular weight excluding hydrogens is 262 g/mol. The molecule has 0 saturated heterocycles. The summed E-state index contributed by atoms with van der Waals surface area (Å²) in [5.74, 6) is -0.333. The van der Waals surface area contributed by atoms with Crippen LogP contribution in [-0.2, 0) is 21.0 Å². The number of hydrogen-bond acceptors (Lipinski definition) is 5. The zero-order valence-corrected chi connectivity index (χ0v) is 11.7. The molecule has 0 aliphatic rings. The smallest absolute Gasteiger partial charge is 0.302 e. The van der Waals surface area contributed by atoms with Gasteiger partial charge in [0.05, 0.1) is 18.3 Å². The first-order valence-corrected chi connectivity index (χ1v) is 6.26. The van der Waals surface area contributed by atoms with E-state index in [0.29, 0.717) is 17.6 Å². The average molecular weight is 279 g/mol. The molecule has 0 aliphatic carbocycles. The van der Waals surface area contributed by atoms with Crippen molar-refractivity contribution in [2.45, 2.75) is 27.5 Å². The van der Waals surface area contributed by atoms with Gasteiger partial charge in [-0.15, -0.1) is 0 Å². The Morgan fingerprint density at radius 3 is 2.85 bits per heavy atom. The van der Waals surface area contributed by atoms with Crippen LogP contribution >= 0.6 is 0 Å². The molecule has 0 bridgehead atoms. The van der Waals surface area contributed by atoms with Crippen molar-refractivity contribution in [2.75, 3.05) is 13.2 Å². The highest BCUT2D eigenvalue weighted by atomic mass is 16.6. The van der Waals surface area contributed by atoms with Gasteiger partial charge in [-0.25, -0.2) is 4.98 Å². The van der Waals surface area contributed by atoms with Crippen LogP contribution in [-0.4, -0.2) is 33.7 Å². The summed E-state index contributed by atoms with van der Waals surface area (Å²) in [5.41, 5.74) is 2.25. The van der Waals surface area contributed by atoms with Gasteiger partial charge < -0.3 is 19.0 Å². The number of rotatable bonds is 5. The third kappa shape index (κ3) is 2.72. The van der Waals surface area contributed by atoms with Crippen LogP contribution in [0.3, 0.4) is 0 Å². The fourth-order valence-electron chi connectivity index (χ4n) is 2.03. The molecule has 2 aromatic heterocycles. The molecule has 0 saturated carbocycles. The molecule has 0 radical (unpaired) electrons. The Morgan fingerprint density at radius 1 is 1.40 bits per heavy atom. The van der Waals surface area contributed by atoms with Crippen molar-refractivity contribution in [3.8, 4) is 0 Å². The molecule has 2 heterocycles. The summed E-state index contributed by atoms with van der Waals surface area (Å²) in [7, 11) is 0. The maximum Gasteiger partial charge on any atom is 0.302 e. The number of esters is 1. The SMILES string of the molecule is CC(=O)OCCOCn1c(C)c(C)c2c(=O)[nH]cnc21. The van der Waals surface area contributed by atoms with Crippen molar-refractivity contribution in [1.82, 2.24) is 14.5 Å². The number of aromatic nitrogens is 3. The van der Waals surface area contributed by atoms with Crippen molar-refractivity contribution < 1.29 is 14.3 Å². The molecule has 0 aromatic carbocycles. The van der Waals surface area contributed by atoms with Gasteiger partial charge in [-0.2, -0.15) is 0 Å². The van der Waals surface area contributed by atoms with Gasteiger partial charge in [-0.1, -0.05) is 0 Å².